The number of carbonyl (C=O) groups is 2. The number of carbonyl (C=O) groups excluding carboxylic acids is 1. The maximum Gasteiger partial charge on any atom is 0.308 e. The van der Waals surface area contributed by atoms with Crippen LogP contribution in [0.5, 0.6) is 0 Å². The van der Waals surface area contributed by atoms with Crippen LogP contribution in [0.1, 0.15) is 36.1 Å². The molecule has 0 aliphatic heterocycles. The van der Waals surface area contributed by atoms with Crippen LogP contribution in [0.25, 0.3) is 0 Å². The topological polar surface area (TPSA) is 117 Å². The maximum absolute atomic E-state index is 12.5. The van der Waals surface area contributed by atoms with Crippen molar-refractivity contribution in [3.8, 4) is 0 Å². The zero-order valence-corrected chi connectivity index (χ0v) is 13.8. The number of furan rings is 1. The molecule has 1 aliphatic carbocycles. The summed E-state index contributed by atoms with van der Waals surface area (Å²) in [4.78, 5) is 25.0. The van der Waals surface area contributed by atoms with Crippen molar-refractivity contribution in [2.24, 2.45) is 5.92 Å². The monoisotopic (exact) mass is 344 g/mol. The summed E-state index contributed by atoms with van der Waals surface area (Å²) in [6.07, 6.45) is 2.73. The first-order valence-corrected chi connectivity index (χ1v) is 9.13. The van der Waals surface area contributed by atoms with E-state index in [9.17, 15) is 18.0 Å². The van der Waals surface area contributed by atoms with Crippen molar-refractivity contribution in [1.82, 2.24) is 9.62 Å². The minimum Gasteiger partial charge on any atom is -0.481 e. The SMILES string of the molecule is CC(CN(C(=O)c1ccc(CNS(C)(=O)=O)o1)C1CC1)C(=O)O. The lowest BCUT2D eigenvalue weighted by molar-refractivity contribution is -0.141. The van der Waals surface area contributed by atoms with Crippen LogP contribution in [0.4, 0.5) is 0 Å². The van der Waals surface area contributed by atoms with E-state index in [1.165, 1.54) is 17.0 Å². The summed E-state index contributed by atoms with van der Waals surface area (Å²) in [6, 6.07) is 3.05. The van der Waals surface area contributed by atoms with Gasteiger partial charge in [-0.25, -0.2) is 13.1 Å². The lowest BCUT2D eigenvalue weighted by atomic mass is 10.1. The molecule has 9 heteroatoms. The molecule has 0 aromatic carbocycles. The normalized spacial score (nSPS) is 16.1. The van der Waals surface area contributed by atoms with Gasteiger partial charge >= 0.3 is 5.97 Å². The number of carboxylic acid groups (broad SMARTS) is 1. The number of hydrogen-bond acceptors (Lipinski definition) is 5. The van der Waals surface area contributed by atoms with Crippen molar-refractivity contribution < 1.29 is 27.5 Å². The van der Waals surface area contributed by atoms with E-state index in [2.05, 4.69) is 4.72 Å². The summed E-state index contributed by atoms with van der Waals surface area (Å²) >= 11 is 0. The number of aliphatic carboxylic acids is 1. The Morgan fingerprint density at radius 2 is 2.09 bits per heavy atom. The van der Waals surface area contributed by atoms with Crippen molar-refractivity contribution in [3.63, 3.8) is 0 Å². The lowest BCUT2D eigenvalue weighted by Crippen LogP contribution is -2.38. The molecule has 0 radical (unpaired) electrons. The van der Waals surface area contributed by atoms with E-state index in [-0.39, 0.29) is 30.8 Å². The number of amides is 1. The molecule has 1 atom stereocenters. The van der Waals surface area contributed by atoms with Gasteiger partial charge < -0.3 is 14.4 Å². The number of nitrogens with zero attached hydrogens (tertiary/aromatic N) is 1. The van der Waals surface area contributed by atoms with E-state index in [0.29, 0.717) is 5.76 Å². The molecule has 0 bridgehead atoms. The quantitative estimate of drug-likeness (QED) is 0.715. The van der Waals surface area contributed by atoms with Crippen LogP contribution in [0.2, 0.25) is 0 Å². The Kier molecular flexibility index (Phi) is 5.10. The molecule has 1 aliphatic rings. The van der Waals surface area contributed by atoms with Crippen LogP contribution in [0.3, 0.4) is 0 Å². The molecule has 1 aromatic heterocycles. The Labute approximate surface area is 134 Å². The summed E-state index contributed by atoms with van der Waals surface area (Å²) < 4.78 is 29.8. The molecule has 2 rings (SSSR count). The van der Waals surface area contributed by atoms with E-state index in [0.717, 1.165) is 19.1 Å². The summed E-state index contributed by atoms with van der Waals surface area (Å²) in [6.45, 7) is 1.63. The summed E-state index contributed by atoms with van der Waals surface area (Å²) in [5.74, 6) is -1.59. The molecule has 128 valence electrons. The third-order valence-corrected chi connectivity index (χ3v) is 4.19. The third-order valence-electron chi connectivity index (χ3n) is 3.52. The van der Waals surface area contributed by atoms with Gasteiger partial charge in [0.1, 0.15) is 5.76 Å². The zero-order chi connectivity index (χ0) is 17.2. The lowest BCUT2D eigenvalue weighted by Gasteiger charge is -2.23. The van der Waals surface area contributed by atoms with E-state index in [1.54, 1.807) is 6.92 Å². The molecule has 1 amide bonds. The first-order valence-electron chi connectivity index (χ1n) is 7.24. The van der Waals surface area contributed by atoms with Crippen molar-refractivity contribution in [2.75, 3.05) is 12.8 Å². The fourth-order valence-electron chi connectivity index (χ4n) is 2.09. The Morgan fingerprint density at radius 1 is 1.43 bits per heavy atom. The number of sulfonamides is 1. The van der Waals surface area contributed by atoms with Gasteiger partial charge in [-0.3, -0.25) is 9.59 Å². The highest BCUT2D eigenvalue weighted by Gasteiger charge is 2.36. The summed E-state index contributed by atoms with van der Waals surface area (Å²) in [5, 5.41) is 9.01. The Bertz CT molecular complexity index is 692. The van der Waals surface area contributed by atoms with E-state index in [1.807, 2.05) is 0 Å². The van der Waals surface area contributed by atoms with Gasteiger partial charge in [0.15, 0.2) is 5.76 Å². The second-order valence-corrected chi connectivity index (χ2v) is 7.62. The molecule has 23 heavy (non-hydrogen) atoms. The second-order valence-electron chi connectivity index (χ2n) is 5.79. The van der Waals surface area contributed by atoms with Gasteiger partial charge in [-0.15, -0.1) is 0 Å². The van der Waals surface area contributed by atoms with E-state index >= 15 is 0 Å². The Balaban J connectivity index is 2.05. The van der Waals surface area contributed by atoms with Crippen LogP contribution in [0, 0.1) is 5.92 Å². The van der Waals surface area contributed by atoms with E-state index in [4.69, 9.17) is 9.52 Å². The van der Waals surface area contributed by atoms with Crippen LogP contribution in [-0.2, 0) is 21.4 Å². The number of nitrogens with one attached hydrogen (secondary N) is 1. The number of rotatable bonds is 8. The summed E-state index contributed by atoms with van der Waals surface area (Å²) in [7, 11) is -3.35. The van der Waals surface area contributed by atoms with Gasteiger partial charge in [-0.05, 0) is 25.0 Å². The molecule has 1 fully saturated rings. The van der Waals surface area contributed by atoms with Crippen LogP contribution >= 0.6 is 0 Å². The van der Waals surface area contributed by atoms with Gasteiger partial charge in [0.25, 0.3) is 5.91 Å². The smallest absolute Gasteiger partial charge is 0.308 e. The first-order chi connectivity index (χ1) is 10.7. The van der Waals surface area contributed by atoms with Crippen molar-refractivity contribution in [1.29, 1.82) is 0 Å². The molecular formula is C14H20N2O6S. The molecule has 8 nitrogen and oxygen atoms in total. The first kappa shape index (κ1) is 17.5. The molecular weight excluding hydrogens is 324 g/mol. The molecule has 1 heterocycles. The second kappa shape index (κ2) is 6.71. The molecule has 0 spiro atoms. The minimum atomic E-state index is -3.35. The van der Waals surface area contributed by atoms with Crippen molar-refractivity contribution >= 4 is 21.9 Å². The number of carboxylic acids is 1. The van der Waals surface area contributed by atoms with Gasteiger partial charge in [-0.1, -0.05) is 6.92 Å². The van der Waals surface area contributed by atoms with Crippen molar-refractivity contribution in [3.05, 3.63) is 23.7 Å². The summed E-state index contributed by atoms with van der Waals surface area (Å²) in [5.41, 5.74) is 0. The molecule has 1 saturated carbocycles. The average molecular weight is 344 g/mol. The van der Waals surface area contributed by atoms with Crippen LogP contribution in [-0.4, -0.2) is 49.1 Å². The van der Waals surface area contributed by atoms with Gasteiger partial charge in [0.2, 0.25) is 10.0 Å². The van der Waals surface area contributed by atoms with Crippen LogP contribution < -0.4 is 4.72 Å². The highest BCUT2D eigenvalue weighted by atomic mass is 32.2. The van der Waals surface area contributed by atoms with Crippen molar-refractivity contribution in [2.45, 2.75) is 32.4 Å². The Hall–Kier alpha value is -1.87. The highest BCUT2D eigenvalue weighted by Crippen LogP contribution is 2.29. The molecule has 1 aromatic rings. The third kappa shape index (κ3) is 5.07. The number of hydrogen-bond donors (Lipinski definition) is 2. The maximum atomic E-state index is 12.5. The van der Waals surface area contributed by atoms with Gasteiger partial charge in [0.05, 0.1) is 18.7 Å². The minimum absolute atomic E-state index is 0.0406. The van der Waals surface area contributed by atoms with Gasteiger partial charge in [0, 0.05) is 12.6 Å². The zero-order valence-electron chi connectivity index (χ0n) is 13.0. The molecule has 1 unspecified atom stereocenters. The predicted octanol–water partition coefficient (Wildman–Crippen LogP) is 0.654. The standard InChI is InChI=1S/C14H20N2O6S/c1-9(14(18)19)8-16(10-3-4-10)13(17)12-6-5-11(22-12)7-15-23(2,20)21/h5-6,9-10,15H,3-4,7-8H2,1-2H3,(H,18,19). The van der Waals surface area contributed by atoms with Gasteiger partial charge in [-0.2, -0.15) is 0 Å². The Morgan fingerprint density at radius 3 is 2.61 bits per heavy atom. The highest BCUT2D eigenvalue weighted by molar-refractivity contribution is 7.88. The molecule has 0 saturated heterocycles. The average Bonchev–Trinajstić information content (AvgIpc) is 3.18. The predicted molar refractivity (Wildman–Crippen MR) is 81.2 cm³/mol. The van der Waals surface area contributed by atoms with E-state index < -0.39 is 21.9 Å². The largest absolute Gasteiger partial charge is 0.481 e. The molecule has 2 N–H and O–H groups in total. The van der Waals surface area contributed by atoms with Crippen LogP contribution in [0.15, 0.2) is 16.5 Å². The fraction of sp³-hybridized carbons (Fsp3) is 0.571. The fourth-order valence-corrected chi connectivity index (χ4v) is 2.49.